The van der Waals surface area contributed by atoms with Gasteiger partial charge in [-0.3, -0.25) is 0 Å². The summed E-state index contributed by atoms with van der Waals surface area (Å²) in [6.07, 6.45) is 0.944. The summed E-state index contributed by atoms with van der Waals surface area (Å²) in [5, 5.41) is 0.854. The molecular formula is C13H18Cl2N2O2S2. The quantitative estimate of drug-likeness (QED) is 0.886. The van der Waals surface area contributed by atoms with Crippen molar-refractivity contribution < 1.29 is 8.42 Å². The SMILES string of the molecule is CCC1CN(S(=O)(=O)c2ccc(Cl)c(CN)c2Cl)CCS1. The molecule has 21 heavy (non-hydrogen) atoms. The molecule has 1 aliphatic rings. The predicted octanol–water partition coefficient (Wildman–Crippen LogP) is 2.97. The van der Waals surface area contributed by atoms with Gasteiger partial charge in [0.25, 0.3) is 0 Å². The number of thioether (sulfide) groups is 1. The van der Waals surface area contributed by atoms with Crippen molar-refractivity contribution in [3.63, 3.8) is 0 Å². The van der Waals surface area contributed by atoms with E-state index in [1.165, 1.54) is 10.4 Å². The van der Waals surface area contributed by atoms with E-state index in [-0.39, 0.29) is 16.5 Å². The van der Waals surface area contributed by atoms with Crippen LogP contribution < -0.4 is 5.73 Å². The summed E-state index contributed by atoms with van der Waals surface area (Å²) in [5.74, 6) is 0.798. The number of sulfonamides is 1. The highest BCUT2D eigenvalue weighted by Crippen LogP contribution is 2.34. The van der Waals surface area contributed by atoms with Crippen LogP contribution in [-0.2, 0) is 16.6 Å². The molecule has 1 aromatic rings. The van der Waals surface area contributed by atoms with Crippen molar-refractivity contribution in [3.05, 3.63) is 27.7 Å². The van der Waals surface area contributed by atoms with Crippen molar-refractivity contribution in [2.24, 2.45) is 5.73 Å². The molecule has 1 heterocycles. The fourth-order valence-electron chi connectivity index (χ4n) is 2.26. The molecule has 4 nitrogen and oxygen atoms in total. The lowest BCUT2D eigenvalue weighted by atomic mass is 10.2. The van der Waals surface area contributed by atoms with Crippen LogP contribution in [0.5, 0.6) is 0 Å². The molecule has 0 aromatic heterocycles. The molecule has 0 bridgehead atoms. The zero-order valence-corrected chi connectivity index (χ0v) is 14.8. The molecule has 0 amide bonds. The minimum atomic E-state index is -3.61. The summed E-state index contributed by atoms with van der Waals surface area (Å²) in [6, 6.07) is 3.00. The maximum Gasteiger partial charge on any atom is 0.244 e. The van der Waals surface area contributed by atoms with Gasteiger partial charge in [0, 0.05) is 41.2 Å². The molecule has 1 unspecified atom stereocenters. The summed E-state index contributed by atoms with van der Waals surface area (Å²) in [6.45, 7) is 3.19. The lowest BCUT2D eigenvalue weighted by molar-refractivity contribution is 0.416. The summed E-state index contributed by atoms with van der Waals surface area (Å²) in [4.78, 5) is 0.0933. The van der Waals surface area contributed by atoms with Crippen LogP contribution in [0.25, 0.3) is 0 Å². The van der Waals surface area contributed by atoms with Crippen LogP contribution in [-0.4, -0.2) is 36.8 Å². The van der Waals surface area contributed by atoms with Crippen LogP contribution in [0.4, 0.5) is 0 Å². The minimum Gasteiger partial charge on any atom is -0.326 e. The molecule has 2 rings (SSSR count). The molecular weight excluding hydrogens is 351 g/mol. The minimum absolute atomic E-state index is 0.0933. The van der Waals surface area contributed by atoms with Crippen molar-refractivity contribution in [1.82, 2.24) is 4.31 Å². The molecule has 1 saturated heterocycles. The molecule has 0 aliphatic carbocycles. The van der Waals surface area contributed by atoms with Gasteiger partial charge in [0.1, 0.15) is 4.90 Å². The average molecular weight is 369 g/mol. The van der Waals surface area contributed by atoms with Gasteiger partial charge in [0.05, 0.1) is 5.02 Å². The first kappa shape index (κ1) is 17.4. The topological polar surface area (TPSA) is 63.4 Å². The van der Waals surface area contributed by atoms with E-state index in [4.69, 9.17) is 28.9 Å². The van der Waals surface area contributed by atoms with Crippen molar-refractivity contribution in [3.8, 4) is 0 Å². The number of halogens is 2. The first-order chi connectivity index (χ1) is 9.91. The highest BCUT2D eigenvalue weighted by Gasteiger charge is 2.32. The molecule has 0 spiro atoms. The van der Waals surface area contributed by atoms with E-state index in [1.54, 1.807) is 6.07 Å². The van der Waals surface area contributed by atoms with Gasteiger partial charge in [0.2, 0.25) is 10.0 Å². The van der Waals surface area contributed by atoms with E-state index < -0.39 is 10.0 Å². The number of nitrogens with two attached hydrogens (primary N) is 1. The first-order valence-electron chi connectivity index (χ1n) is 6.70. The summed E-state index contributed by atoms with van der Waals surface area (Å²) < 4.78 is 27.1. The summed E-state index contributed by atoms with van der Waals surface area (Å²) in [5.41, 5.74) is 6.08. The van der Waals surface area contributed by atoms with Crippen LogP contribution >= 0.6 is 35.0 Å². The van der Waals surface area contributed by atoms with Crippen molar-refractivity contribution >= 4 is 45.0 Å². The number of rotatable bonds is 4. The second-order valence-corrected chi connectivity index (χ2v) is 8.91. The van der Waals surface area contributed by atoms with E-state index in [1.807, 2.05) is 11.8 Å². The lowest BCUT2D eigenvalue weighted by Crippen LogP contribution is -2.41. The van der Waals surface area contributed by atoms with Gasteiger partial charge in [-0.25, -0.2) is 8.42 Å². The van der Waals surface area contributed by atoms with E-state index in [2.05, 4.69) is 6.92 Å². The van der Waals surface area contributed by atoms with Crippen molar-refractivity contribution in [1.29, 1.82) is 0 Å². The fourth-order valence-corrected chi connectivity index (χ4v) is 6.04. The molecule has 1 fully saturated rings. The van der Waals surface area contributed by atoms with Crippen LogP contribution in [0.1, 0.15) is 18.9 Å². The molecule has 118 valence electrons. The Morgan fingerprint density at radius 1 is 1.43 bits per heavy atom. The molecule has 1 aromatic carbocycles. The van der Waals surface area contributed by atoms with Crippen LogP contribution in [0.15, 0.2) is 17.0 Å². The Kier molecular flexibility index (Phi) is 5.84. The second-order valence-electron chi connectivity index (χ2n) is 4.81. The van der Waals surface area contributed by atoms with Gasteiger partial charge in [-0.1, -0.05) is 30.1 Å². The monoisotopic (exact) mass is 368 g/mol. The smallest absolute Gasteiger partial charge is 0.244 e. The normalized spacial score (nSPS) is 20.7. The Morgan fingerprint density at radius 3 is 2.76 bits per heavy atom. The molecule has 1 aliphatic heterocycles. The molecule has 2 N–H and O–H groups in total. The largest absolute Gasteiger partial charge is 0.326 e. The molecule has 1 atom stereocenters. The van der Waals surface area contributed by atoms with Gasteiger partial charge >= 0.3 is 0 Å². The van der Waals surface area contributed by atoms with Crippen LogP contribution in [0, 0.1) is 0 Å². The van der Waals surface area contributed by atoms with E-state index in [9.17, 15) is 8.42 Å². The lowest BCUT2D eigenvalue weighted by Gasteiger charge is -2.31. The van der Waals surface area contributed by atoms with Gasteiger partial charge in [-0.15, -0.1) is 0 Å². The number of hydrogen-bond acceptors (Lipinski definition) is 4. The van der Waals surface area contributed by atoms with E-state index in [0.717, 1.165) is 12.2 Å². The third-order valence-corrected chi connectivity index (χ3v) is 7.71. The van der Waals surface area contributed by atoms with Gasteiger partial charge in [-0.05, 0) is 18.6 Å². The zero-order valence-electron chi connectivity index (χ0n) is 11.7. The Morgan fingerprint density at radius 2 is 2.14 bits per heavy atom. The van der Waals surface area contributed by atoms with Crippen molar-refractivity contribution in [2.75, 3.05) is 18.8 Å². The van der Waals surface area contributed by atoms with Gasteiger partial charge in [0.15, 0.2) is 0 Å². The highest BCUT2D eigenvalue weighted by atomic mass is 35.5. The highest BCUT2D eigenvalue weighted by molar-refractivity contribution is 8.00. The number of benzene rings is 1. The maximum atomic E-state index is 12.8. The van der Waals surface area contributed by atoms with E-state index in [0.29, 0.717) is 28.9 Å². The average Bonchev–Trinajstić information content (AvgIpc) is 2.47. The Hall–Kier alpha value is 0.0200. The van der Waals surface area contributed by atoms with E-state index >= 15 is 0 Å². The van der Waals surface area contributed by atoms with Gasteiger partial charge < -0.3 is 5.73 Å². The maximum absolute atomic E-state index is 12.8. The Bertz CT molecular complexity index is 623. The predicted molar refractivity (Wildman–Crippen MR) is 89.6 cm³/mol. The standard InChI is InChI=1S/C13H18Cl2N2O2S2/c1-2-9-8-17(5-6-20-9)21(18,19)12-4-3-11(14)10(7-16)13(12)15/h3-4,9H,2,5-8,16H2,1H3. The fraction of sp³-hybridized carbons (Fsp3) is 0.538. The third kappa shape index (κ3) is 3.51. The summed E-state index contributed by atoms with van der Waals surface area (Å²) >= 11 is 14.0. The first-order valence-corrected chi connectivity index (χ1v) is 9.95. The third-order valence-electron chi connectivity index (χ3n) is 3.53. The number of nitrogens with zero attached hydrogens (tertiary/aromatic N) is 1. The molecule has 0 saturated carbocycles. The summed E-state index contributed by atoms with van der Waals surface area (Å²) in [7, 11) is -3.61. The van der Waals surface area contributed by atoms with Crippen LogP contribution in [0.3, 0.4) is 0 Å². The Balaban J connectivity index is 2.40. The Labute approximate surface area is 140 Å². The molecule has 0 radical (unpaired) electrons. The number of hydrogen-bond donors (Lipinski definition) is 1. The zero-order chi connectivity index (χ0) is 15.6. The second kappa shape index (κ2) is 7.06. The van der Waals surface area contributed by atoms with Crippen LogP contribution in [0.2, 0.25) is 10.0 Å². The van der Waals surface area contributed by atoms with Gasteiger partial charge in [-0.2, -0.15) is 16.1 Å². The molecule has 8 heteroatoms. The van der Waals surface area contributed by atoms with Crippen molar-refractivity contribution in [2.45, 2.75) is 30.0 Å².